The third kappa shape index (κ3) is 4.76. The zero-order valence-corrected chi connectivity index (χ0v) is 14.8. The molecule has 0 spiro atoms. The van der Waals surface area contributed by atoms with E-state index in [0.29, 0.717) is 37.4 Å². The Morgan fingerprint density at radius 2 is 2.20 bits per heavy atom. The Bertz CT molecular complexity index is 743. The highest BCUT2D eigenvalue weighted by atomic mass is 16.5. The monoisotopic (exact) mass is 348 g/mol. The number of aromatic nitrogens is 3. The van der Waals surface area contributed by atoms with Gasteiger partial charge in [-0.25, -0.2) is 9.50 Å². The van der Waals surface area contributed by atoms with Crippen LogP contribution in [0.5, 0.6) is 0 Å². The van der Waals surface area contributed by atoms with E-state index in [9.17, 15) is 9.59 Å². The molecule has 2 rings (SSSR count). The smallest absolute Gasteiger partial charge is 0.308 e. The Morgan fingerprint density at radius 1 is 1.44 bits per heavy atom. The maximum absolute atomic E-state index is 13.0. The summed E-state index contributed by atoms with van der Waals surface area (Å²) in [5.74, 6) is -1.86. The molecule has 0 bridgehead atoms. The molecule has 0 aliphatic carbocycles. The Hall–Kier alpha value is -2.48. The highest BCUT2D eigenvalue weighted by Gasteiger charge is 2.24. The highest BCUT2D eigenvalue weighted by Crippen LogP contribution is 2.14. The number of aryl methyl sites for hydroxylation is 1. The van der Waals surface area contributed by atoms with Crippen LogP contribution in [0.15, 0.2) is 18.5 Å². The summed E-state index contributed by atoms with van der Waals surface area (Å²) in [7, 11) is 0. The van der Waals surface area contributed by atoms with Crippen LogP contribution in [0.3, 0.4) is 0 Å². The van der Waals surface area contributed by atoms with Crippen LogP contribution in [-0.4, -0.2) is 62.8 Å². The number of hydrogen-bond donors (Lipinski definition) is 1. The minimum absolute atomic E-state index is 0.128. The summed E-state index contributed by atoms with van der Waals surface area (Å²) in [6.07, 6.45) is 3.86. The van der Waals surface area contributed by atoms with Gasteiger partial charge in [0, 0.05) is 38.2 Å². The Balaban J connectivity index is 2.22. The molecule has 1 N–H and O–H groups in total. The summed E-state index contributed by atoms with van der Waals surface area (Å²) < 4.78 is 6.85. The third-order valence-electron chi connectivity index (χ3n) is 3.86. The number of carboxylic acid groups (broad SMARTS) is 1. The molecule has 0 saturated carbocycles. The van der Waals surface area contributed by atoms with Gasteiger partial charge in [0.2, 0.25) is 0 Å². The van der Waals surface area contributed by atoms with Crippen LogP contribution in [0, 0.1) is 12.8 Å². The zero-order chi connectivity index (χ0) is 18.4. The molecule has 25 heavy (non-hydrogen) atoms. The second-order valence-corrected chi connectivity index (χ2v) is 5.94. The van der Waals surface area contributed by atoms with Crippen molar-refractivity contribution in [3.8, 4) is 0 Å². The lowest BCUT2D eigenvalue weighted by atomic mass is 10.1. The van der Waals surface area contributed by atoms with Gasteiger partial charge >= 0.3 is 5.97 Å². The molecule has 0 aromatic carbocycles. The summed E-state index contributed by atoms with van der Waals surface area (Å²) in [6, 6.07) is 1.81. The summed E-state index contributed by atoms with van der Waals surface area (Å²) in [6.45, 7) is 7.01. The number of nitrogens with zero attached hydrogens (tertiary/aromatic N) is 4. The molecule has 2 aromatic rings. The van der Waals surface area contributed by atoms with Crippen LogP contribution in [0.4, 0.5) is 0 Å². The molecular formula is C17H24N4O4. The van der Waals surface area contributed by atoms with Gasteiger partial charge in [0.1, 0.15) is 5.56 Å². The average Bonchev–Trinajstić information content (AvgIpc) is 2.99. The van der Waals surface area contributed by atoms with Crippen molar-refractivity contribution in [1.29, 1.82) is 0 Å². The van der Waals surface area contributed by atoms with E-state index in [1.54, 1.807) is 28.6 Å². The molecular weight excluding hydrogens is 324 g/mol. The molecule has 0 radical (unpaired) electrons. The standard InChI is InChI=1S/C17H24N4O4/c1-4-25-9-5-7-20(11-12(2)17(23)24)16(22)14-10-18-21-8-6-13(3)19-15(14)21/h6,8,10,12H,4-5,7,9,11H2,1-3H3,(H,23,24). The third-order valence-corrected chi connectivity index (χ3v) is 3.86. The van der Waals surface area contributed by atoms with Gasteiger partial charge in [-0.3, -0.25) is 9.59 Å². The Morgan fingerprint density at radius 3 is 2.88 bits per heavy atom. The normalized spacial score (nSPS) is 12.3. The minimum atomic E-state index is -0.934. The number of aliphatic carboxylic acids is 1. The second kappa shape index (κ2) is 8.57. The minimum Gasteiger partial charge on any atom is -0.481 e. The van der Waals surface area contributed by atoms with Crippen molar-refractivity contribution in [2.45, 2.75) is 27.2 Å². The maximum atomic E-state index is 13.0. The molecule has 2 heterocycles. The van der Waals surface area contributed by atoms with Gasteiger partial charge in [-0.15, -0.1) is 0 Å². The predicted octanol–water partition coefficient (Wildman–Crippen LogP) is 1.63. The zero-order valence-electron chi connectivity index (χ0n) is 14.8. The van der Waals surface area contributed by atoms with E-state index in [0.717, 1.165) is 5.69 Å². The number of carboxylic acids is 1. The van der Waals surface area contributed by atoms with Crippen LogP contribution >= 0.6 is 0 Å². The second-order valence-electron chi connectivity index (χ2n) is 5.94. The molecule has 0 saturated heterocycles. The fourth-order valence-electron chi connectivity index (χ4n) is 2.47. The topological polar surface area (TPSA) is 97.0 Å². The van der Waals surface area contributed by atoms with E-state index >= 15 is 0 Å². The lowest BCUT2D eigenvalue weighted by molar-refractivity contribution is -0.141. The maximum Gasteiger partial charge on any atom is 0.308 e. The first kappa shape index (κ1) is 18.9. The molecule has 1 atom stereocenters. The molecule has 1 unspecified atom stereocenters. The van der Waals surface area contributed by atoms with Gasteiger partial charge in [-0.1, -0.05) is 6.92 Å². The Kier molecular flexibility index (Phi) is 6.46. The fraction of sp³-hybridized carbons (Fsp3) is 0.529. The van der Waals surface area contributed by atoms with E-state index in [4.69, 9.17) is 9.84 Å². The molecule has 0 aliphatic heterocycles. The van der Waals surface area contributed by atoms with Crippen molar-refractivity contribution in [3.63, 3.8) is 0 Å². The molecule has 0 aliphatic rings. The van der Waals surface area contributed by atoms with Crippen molar-refractivity contribution in [2.24, 2.45) is 5.92 Å². The number of amides is 1. The van der Waals surface area contributed by atoms with E-state index < -0.39 is 11.9 Å². The van der Waals surface area contributed by atoms with Crippen LogP contribution in [0.2, 0.25) is 0 Å². The van der Waals surface area contributed by atoms with Crippen LogP contribution in [-0.2, 0) is 9.53 Å². The van der Waals surface area contributed by atoms with E-state index in [-0.39, 0.29) is 12.5 Å². The fourth-order valence-corrected chi connectivity index (χ4v) is 2.47. The van der Waals surface area contributed by atoms with Crippen molar-refractivity contribution < 1.29 is 19.4 Å². The Labute approximate surface area is 146 Å². The highest BCUT2D eigenvalue weighted by molar-refractivity contribution is 5.99. The molecule has 2 aromatic heterocycles. The first-order valence-corrected chi connectivity index (χ1v) is 8.34. The predicted molar refractivity (Wildman–Crippen MR) is 91.5 cm³/mol. The van der Waals surface area contributed by atoms with Crippen LogP contribution < -0.4 is 0 Å². The van der Waals surface area contributed by atoms with Crippen molar-refractivity contribution >= 4 is 17.5 Å². The van der Waals surface area contributed by atoms with Gasteiger partial charge in [-0.05, 0) is 26.3 Å². The molecule has 8 nitrogen and oxygen atoms in total. The molecule has 8 heteroatoms. The summed E-state index contributed by atoms with van der Waals surface area (Å²) in [5.41, 5.74) is 1.63. The number of carbonyl (C=O) groups is 2. The first-order valence-electron chi connectivity index (χ1n) is 8.34. The number of fused-ring (bicyclic) bond motifs is 1. The summed E-state index contributed by atoms with van der Waals surface area (Å²) in [4.78, 5) is 30.1. The number of hydrogen-bond acceptors (Lipinski definition) is 5. The van der Waals surface area contributed by atoms with Crippen LogP contribution in [0.1, 0.15) is 36.3 Å². The van der Waals surface area contributed by atoms with E-state index in [1.807, 2.05) is 13.8 Å². The van der Waals surface area contributed by atoms with Crippen molar-refractivity contribution in [2.75, 3.05) is 26.3 Å². The largest absolute Gasteiger partial charge is 0.481 e. The first-order chi connectivity index (χ1) is 11.9. The lowest BCUT2D eigenvalue weighted by Gasteiger charge is -2.24. The quantitative estimate of drug-likeness (QED) is 0.692. The number of ether oxygens (including phenoxy) is 1. The van der Waals surface area contributed by atoms with Gasteiger partial charge < -0.3 is 14.7 Å². The van der Waals surface area contributed by atoms with Crippen molar-refractivity contribution in [1.82, 2.24) is 19.5 Å². The van der Waals surface area contributed by atoms with Gasteiger partial charge in [0.25, 0.3) is 5.91 Å². The summed E-state index contributed by atoms with van der Waals surface area (Å²) >= 11 is 0. The molecule has 1 amide bonds. The van der Waals surface area contributed by atoms with Crippen molar-refractivity contribution in [3.05, 3.63) is 29.7 Å². The summed E-state index contributed by atoms with van der Waals surface area (Å²) in [5, 5.41) is 13.3. The molecule has 136 valence electrons. The van der Waals surface area contributed by atoms with Gasteiger partial charge in [0.05, 0.1) is 12.1 Å². The SMILES string of the molecule is CCOCCCN(CC(C)C(=O)O)C(=O)c1cnn2ccc(C)nc12. The van der Waals surface area contributed by atoms with Gasteiger partial charge in [0.15, 0.2) is 5.65 Å². The number of rotatable bonds is 9. The average molecular weight is 348 g/mol. The van der Waals surface area contributed by atoms with Crippen LogP contribution in [0.25, 0.3) is 5.65 Å². The van der Waals surface area contributed by atoms with E-state index in [1.165, 1.54) is 6.20 Å². The van der Waals surface area contributed by atoms with Gasteiger partial charge in [-0.2, -0.15) is 5.10 Å². The lowest BCUT2D eigenvalue weighted by Crippen LogP contribution is -2.38. The van der Waals surface area contributed by atoms with E-state index in [2.05, 4.69) is 10.1 Å². The number of carbonyl (C=O) groups excluding carboxylic acids is 1. The molecule has 0 fully saturated rings.